The number of rotatable bonds is 1. The third-order valence-electron chi connectivity index (χ3n) is 3.57. The molecular formula is C13H15N3O3S2. The summed E-state index contributed by atoms with van der Waals surface area (Å²) in [5.41, 5.74) is 6.51. The Morgan fingerprint density at radius 3 is 2.90 bits per heavy atom. The van der Waals surface area contributed by atoms with E-state index in [0.29, 0.717) is 23.5 Å². The predicted octanol–water partition coefficient (Wildman–Crippen LogP) is 1.14. The van der Waals surface area contributed by atoms with Crippen molar-refractivity contribution in [1.29, 1.82) is 0 Å². The summed E-state index contributed by atoms with van der Waals surface area (Å²) in [7, 11) is -3.03. The maximum absolute atomic E-state index is 12.6. The van der Waals surface area contributed by atoms with Gasteiger partial charge < -0.3 is 10.6 Å². The summed E-state index contributed by atoms with van der Waals surface area (Å²) in [6.07, 6.45) is 3.79. The average Bonchev–Trinajstić information content (AvgIpc) is 2.67. The third kappa shape index (κ3) is 2.73. The lowest BCUT2D eigenvalue weighted by Gasteiger charge is -2.19. The van der Waals surface area contributed by atoms with Crippen molar-refractivity contribution in [2.75, 3.05) is 30.3 Å². The minimum atomic E-state index is -3.03. The van der Waals surface area contributed by atoms with Gasteiger partial charge in [-0.05, 0) is 12.5 Å². The number of amides is 1. The van der Waals surface area contributed by atoms with Crippen LogP contribution < -0.4 is 5.73 Å². The number of hydrogen-bond acceptors (Lipinski definition) is 6. The quantitative estimate of drug-likeness (QED) is 0.848. The van der Waals surface area contributed by atoms with Crippen LogP contribution in [0.1, 0.15) is 16.1 Å². The van der Waals surface area contributed by atoms with Crippen LogP contribution in [0.2, 0.25) is 0 Å². The zero-order chi connectivity index (χ0) is 15.0. The van der Waals surface area contributed by atoms with Crippen LogP contribution in [0.4, 0.5) is 5.69 Å². The fourth-order valence-electron chi connectivity index (χ4n) is 2.42. The minimum absolute atomic E-state index is 0.0189. The summed E-state index contributed by atoms with van der Waals surface area (Å²) in [4.78, 5) is 18.7. The fraction of sp³-hybridized carbons (Fsp3) is 0.385. The Morgan fingerprint density at radius 1 is 1.33 bits per heavy atom. The molecule has 0 unspecified atom stereocenters. The first-order valence-corrected chi connectivity index (χ1v) is 9.23. The minimum Gasteiger partial charge on any atom is -0.397 e. The van der Waals surface area contributed by atoms with Crippen molar-refractivity contribution in [2.24, 2.45) is 0 Å². The molecule has 0 radical (unpaired) electrons. The molecule has 2 N–H and O–H groups in total. The molecule has 8 heteroatoms. The Kier molecular flexibility index (Phi) is 3.58. The van der Waals surface area contributed by atoms with E-state index in [1.807, 2.05) is 0 Å². The molecule has 21 heavy (non-hydrogen) atoms. The second-order valence-electron chi connectivity index (χ2n) is 5.01. The molecule has 1 aliphatic rings. The lowest BCUT2D eigenvalue weighted by Crippen LogP contribution is -2.33. The number of hydrogen-bond donors (Lipinski definition) is 1. The molecule has 2 aromatic heterocycles. The molecule has 0 aromatic carbocycles. The van der Waals surface area contributed by atoms with Gasteiger partial charge in [0.2, 0.25) is 0 Å². The molecule has 112 valence electrons. The molecule has 3 rings (SSSR count). The topological polar surface area (TPSA) is 93.4 Å². The fourth-order valence-corrected chi connectivity index (χ4v) is 4.74. The van der Waals surface area contributed by atoms with E-state index in [1.54, 1.807) is 23.4 Å². The van der Waals surface area contributed by atoms with Crippen LogP contribution in [-0.4, -0.2) is 48.8 Å². The molecule has 2 aromatic rings. The van der Waals surface area contributed by atoms with Crippen molar-refractivity contribution in [2.45, 2.75) is 6.42 Å². The average molecular weight is 325 g/mol. The molecule has 0 bridgehead atoms. The molecule has 1 fully saturated rings. The number of nitrogens with two attached hydrogens (primary N) is 1. The first kappa shape index (κ1) is 14.3. The number of nitrogen functional groups attached to an aromatic ring is 1. The summed E-state index contributed by atoms with van der Waals surface area (Å²) in [5, 5.41) is 0.820. The Labute approximate surface area is 126 Å². The summed E-state index contributed by atoms with van der Waals surface area (Å²) in [6.45, 7) is 0.678. The van der Waals surface area contributed by atoms with E-state index in [0.717, 1.165) is 10.1 Å². The lowest BCUT2D eigenvalue weighted by molar-refractivity contribution is 0.0774. The van der Waals surface area contributed by atoms with E-state index >= 15 is 0 Å². The molecule has 1 saturated heterocycles. The van der Waals surface area contributed by atoms with Crippen molar-refractivity contribution >= 4 is 42.9 Å². The van der Waals surface area contributed by atoms with E-state index in [4.69, 9.17) is 5.73 Å². The van der Waals surface area contributed by atoms with Crippen molar-refractivity contribution in [3.63, 3.8) is 0 Å². The van der Waals surface area contributed by atoms with Crippen molar-refractivity contribution < 1.29 is 13.2 Å². The van der Waals surface area contributed by atoms with Gasteiger partial charge >= 0.3 is 0 Å². The van der Waals surface area contributed by atoms with Crippen molar-refractivity contribution in [3.05, 3.63) is 23.3 Å². The highest BCUT2D eigenvalue weighted by molar-refractivity contribution is 7.91. The number of sulfone groups is 1. The summed E-state index contributed by atoms with van der Waals surface area (Å²) < 4.78 is 24.1. The number of anilines is 1. The summed E-state index contributed by atoms with van der Waals surface area (Å²) in [5.74, 6) is -0.0287. The van der Waals surface area contributed by atoms with Crippen LogP contribution >= 0.6 is 11.3 Å². The lowest BCUT2D eigenvalue weighted by atomic mass is 10.2. The molecule has 0 atom stereocenters. The van der Waals surface area contributed by atoms with E-state index in [-0.39, 0.29) is 24.0 Å². The number of carbonyl (C=O) groups excluding carboxylic acids is 1. The molecule has 1 aliphatic heterocycles. The van der Waals surface area contributed by atoms with Crippen LogP contribution in [-0.2, 0) is 9.84 Å². The van der Waals surface area contributed by atoms with E-state index in [1.165, 1.54) is 11.3 Å². The first-order valence-electron chi connectivity index (χ1n) is 6.59. The van der Waals surface area contributed by atoms with Gasteiger partial charge in [-0.3, -0.25) is 9.78 Å². The Bertz CT molecular complexity index is 798. The van der Waals surface area contributed by atoms with Gasteiger partial charge in [0, 0.05) is 30.9 Å². The highest BCUT2D eigenvalue weighted by Gasteiger charge is 2.26. The number of aromatic nitrogens is 1. The molecule has 6 nitrogen and oxygen atoms in total. The SMILES string of the molecule is Nc1c(C(=O)N2CCCS(=O)(=O)CC2)sc2cnccc12. The van der Waals surface area contributed by atoms with Gasteiger partial charge in [0.05, 0.1) is 21.9 Å². The second-order valence-corrected chi connectivity index (χ2v) is 8.37. The van der Waals surface area contributed by atoms with E-state index in [9.17, 15) is 13.2 Å². The number of pyridine rings is 1. The van der Waals surface area contributed by atoms with Gasteiger partial charge in [-0.25, -0.2) is 8.42 Å². The normalized spacial score (nSPS) is 18.6. The number of carbonyl (C=O) groups is 1. The Hall–Kier alpha value is -1.67. The molecule has 0 spiro atoms. The van der Waals surface area contributed by atoms with Gasteiger partial charge in [-0.2, -0.15) is 0 Å². The number of nitrogens with zero attached hydrogens (tertiary/aromatic N) is 2. The van der Waals surface area contributed by atoms with E-state index < -0.39 is 9.84 Å². The smallest absolute Gasteiger partial charge is 0.266 e. The predicted molar refractivity (Wildman–Crippen MR) is 83.2 cm³/mol. The van der Waals surface area contributed by atoms with Crippen LogP contribution in [0.3, 0.4) is 0 Å². The van der Waals surface area contributed by atoms with Crippen molar-refractivity contribution in [3.8, 4) is 0 Å². The largest absolute Gasteiger partial charge is 0.397 e. The standard InChI is InChI=1S/C13H15N3O3S2/c14-11-9-2-3-15-8-10(9)20-12(11)13(17)16-4-1-6-21(18,19)7-5-16/h2-3,8H,1,4-7,14H2. The maximum Gasteiger partial charge on any atom is 0.266 e. The van der Waals surface area contributed by atoms with Crippen LogP contribution in [0, 0.1) is 0 Å². The Morgan fingerprint density at radius 2 is 2.14 bits per heavy atom. The highest BCUT2D eigenvalue weighted by atomic mass is 32.2. The number of thiophene rings is 1. The molecule has 1 amide bonds. The third-order valence-corrected chi connectivity index (χ3v) is 6.43. The zero-order valence-electron chi connectivity index (χ0n) is 11.3. The van der Waals surface area contributed by atoms with Gasteiger partial charge in [-0.1, -0.05) is 0 Å². The van der Waals surface area contributed by atoms with Gasteiger partial charge in [0.25, 0.3) is 5.91 Å². The van der Waals surface area contributed by atoms with Crippen LogP contribution in [0.25, 0.3) is 10.1 Å². The Balaban J connectivity index is 1.92. The molecule has 3 heterocycles. The van der Waals surface area contributed by atoms with Gasteiger partial charge in [0.1, 0.15) is 4.88 Å². The van der Waals surface area contributed by atoms with Gasteiger partial charge in [0.15, 0.2) is 9.84 Å². The highest BCUT2D eigenvalue weighted by Crippen LogP contribution is 2.33. The molecule has 0 saturated carbocycles. The van der Waals surface area contributed by atoms with Crippen LogP contribution in [0.5, 0.6) is 0 Å². The summed E-state index contributed by atoms with van der Waals surface area (Å²) >= 11 is 1.30. The van der Waals surface area contributed by atoms with Crippen LogP contribution in [0.15, 0.2) is 18.5 Å². The zero-order valence-corrected chi connectivity index (χ0v) is 12.9. The second kappa shape index (κ2) is 5.27. The molecular weight excluding hydrogens is 310 g/mol. The van der Waals surface area contributed by atoms with Crippen molar-refractivity contribution in [1.82, 2.24) is 9.88 Å². The maximum atomic E-state index is 12.6. The molecule has 0 aliphatic carbocycles. The van der Waals surface area contributed by atoms with Gasteiger partial charge in [-0.15, -0.1) is 11.3 Å². The number of fused-ring (bicyclic) bond motifs is 1. The summed E-state index contributed by atoms with van der Waals surface area (Å²) in [6, 6.07) is 1.78. The first-order chi connectivity index (χ1) is 9.98. The van der Waals surface area contributed by atoms with E-state index in [2.05, 4.69) is 4.98 Å². The monoisotopic (exact) mass is 325 g/mol.